The van der Waals surface area contributed by atoms with Crippen LogP contribution in [-0.2, 0) is 0 Å². The predicted octanol–water partition coefficient (Wildman–Crippen LogP) is 3.95. The molecule has 0 unspecified atom stereocenters. The summed E-state index contributed by atoms with van der Waals surface area (Å²) in [6.07, 6.45) is 0. The first-order chi connectivity index (χ1) is 9.86. The summed E-state index contributed by atoms with van der Waals surface area (Å²) in [7, 11) is 0. The molecule has 0 aromatic heterocycles. The molecule has 0 aliphatic carbocycles. The molecular formula is C16H15BrN2OS. The highest BCUT2D eigenvalue weighted by Gasteiger charge is 2.10. The fourth-order valence-electron chi connectivity index (χ4n) is 1.97. The second-order valence-electron chi connectivity index (χ2n) is 4.87. The number of anilines is 1. The second kappa shape index (κ2) is 6.37. The zero-order valence-electron chi connectivity index (χ0n) is 11.7. The number of benzene rings is 2. The van der Waals surface area contributed by atoms with Crippen molar-refractivity contribution in [1.29, 1.82) is 0 Å². The molecule has 0 aliphatic rings. The van der Waals surface area contributed by atoms with Crippen molar-refractivity contribution in [2.75, 3.05) is 5.32 Å². The third-order valence-electron chi connectivity index (χ3n) is 3.07. The summed E-state index contributed by atoms with van der Waals surface area (Å²) in [4.78, 5) is 12.7. The Hall–Kier alpha value is -1.72. The van der Waals surface area contributed by atoms with Gasteiger partial charge in [-0.1, -0.05) is 40.3 Å². The highest BCUT2D eigenvalue weighted by molar-refractivity contribution is 9.10. The van der Waals surface area contributed by atoms with Gasteiger partial charge in [-0.3, -0.25) is 4.79 Å². The van der Waals surface area contributed by atoms with E-state index in [1.54, 1.807) is 12.1 Å². The Balaban J connectivity index is 2.31. The molecule has 0 saturated heterocycles. The molecule has 108 valence electrons. The number of nitrogens with two attached hydrogens (primary N) is 1. The summed E-state index contributed by atoms with van der Waals surface area (Å²) in [5, 5.41) is 2.90. The van der Waals surface area contributed by atoms with Gasteiger partial charge >= 0.3 is 0 Å². The minimum Gasteiger partial charge on any atom is -0.389 e. The first-order valence-corrected chi connectivity index (χ1v) is 7.56. The van der Waals surface area contributed by atoms with Crippen molar-refractivity contribution >= 4 is 44.7 Å². The van der Waals surface area contributed by atoms with Crippen molar-refractivity contribution < 1.29 is 4.79 Å². The summed E-state index contributed by atoms with van der Waals surface area (Å²) < 4.78 is 0.876. The van der Waals surface area contributed by atoms with Crippen molar-refractivity contribution in [3.63, 3.8) is 0 Å². The van der Waals surface area contributed by atoms with Crippen LogP contribution >= 0.6 is 28.1 Å². The summed E-state index contributed by atoms with van der Waals surface area (Å²) >= 11 is 8.36. The van der Waals surface area contributed by atoms with Crippen LogP contribution in [0.25, 0.3) is 0 Å². The van der Waals surface area contributed by atoms with Gasteiger partial charge in [-0.05, 0) is 49.2 Å². The standard InChI is InChI=1S/C16H15BrN2OS/c1-9-5-12(7-13(17)6-9)16(20)19-14-8-11(15(18)21)4-3-10(14)2/h3-8H,1-2H3,(H2,18,21)(H,19,20). The zero-order chi connectivity index (χ0) is 15.6. The average Bonchev–Trinajstić information content (AvgIpc) is 2.39. The average molecular weight is 363 g/mol. The molecule has 3 nitrogen and oxygen atoms in total. The molecular weight excluding hydrogens is 348 g/mol. The summed E-state index contributed by atoms with van der Waals surface area (Å²) in [6, 6.07) is 11.1. The Morgan fingerprint density at radius 2 is 1.86 bits per heavy atom. The first-order valence-electron chi connectivity index (χ1n) is 6.36. The molecule has 0 heterocycles. The lowest BCUT2D eigenvalue weighted by Gasteiger charge is -2.11. The van der Waals surface area contributed by atoms with Crippen molar-refractivity contribution in [1.82, 2.24) is 0 Å². The number of halogens is 1. The maximum absolute atomic E-state index is 12.4. The molecule has 2 aromatic carbocycles. The number of nitrogens with one attached hydrogen (secondary N) is 1. The van der Waals surface area contributed by atoms with Gasteiger partial charge in [0, 0.05) is 21.3 Å². The van der Waals surface area contributed by atoms with Crippen LogP contribution in [0.4, 0.5) is 5.69 Å². The Morgan fingerprint density at radius 3 is 2.48 bits per heavy atom. The predicted molar refractivity (Wildman–Crippen MR) is 93.9 cm³/mol. The minimum absolute atomic E-state index is 0.164. The van der Waals surface area contributed by atoms with Gasteiger partial charge < -0.3 is 11.1 Å². The molecule has 5 heteroatoms. The summed E-state index contributed by atoms with van der Waals surface area (Å²) in [5.74, 6) is -0.164. The number of carbonyl (C=O) groups excluding carboxylic acids is 1. The number of rotatable bonds is 3. The third-order valence-corrected chi connectivity index (χ3v) is 3.77. The van der Waals surface area contributed by atoms with Crippen molar-refractivity contribution in [2.24, 2.45) is 5.73 Å². The van der Waals surface area contributed by atoms with Gasteiger partial charge in [0.15, 0.2) is 0 Å². The van der Waals surface area contributed by atoms with E-state index in [2.05, 4.69) is 21.2 Å². The minimum atomic E-state index is -0.164. The van der Waals surface area contributed by atoms with Gasteiger partial charge in [0.2, 0.25) is 0 Å². The molecule has 0 spiro atoms. The molecule has 0 saturated carbocycles. The van der Waals surface area contributed by atoms with Crippen molar-refractivity contribution in [3.8, 4) is 0 Å². The van der Waals surface area contributed by atoms with E-state index in [0.29, 0.717) is 16.2 Å². The van der Waals surface area contributed by atoms with Crippen LogP contribution in [0, 0.1) is 13.8 Å². The Kier molecular flexibility index (Phi) is 4.75. The van der Waals surface area contributed by atoms with Crippen molar-refractivity contribution in [2.45, 2.75) is 13.8 Å². The number of amides is 1. The SMILES string of the molecule is Cc1cc(Br)cc(C(=O)Nc2cc(C(N)=S)ccc2C)c1. The van der Waals surface area contributed by atoms with E-state index in [0.717, 1.165) is 21.2 Å². The topological polar surface area (TPSA) is 55.1 Å². The van der Waals surface area contributed by atoms with E-state index in [1.807, 2.05) is 38.1 Å². The van der Waals surface area contributed by atoms with E-state index in [1.165, 1.54) is 0 Å². The summed E-state index contributed by atoms with van der Waals surface area (Å²) in [6.45, 7) is 3.87. The van der Waals surface area contributed by atoms with Gasteiger partial charge in [-0.15, -0.1) is 0 Å². The molecule has 1 amide bonds. The molecule has 2 aromatic rings. The lowest BCUT2D eigenvalue weighted by Crippen LogP contribution is -2.15. The summed E-state index contributed by atoms with van der Waals surface area (Å²) in [5.41, 5.74) is 9.64. The molecule has 0 fully saturated rings. The van der Waals surface area contributed by atoms with Gasteiger partial charge in [0.05, 0.1) is 0 Å². The van der Waals surface area contributed by atoms with Crippen LogP contribution in [0.15, 0.2) is 40.9 Å². The molecule has 2 rings (SSSR count). The highest BCUT2D eigenvalue weighted by Crippen LogP contribution is 2.20. The zero-order valence-corrected chi connectivity index (χ0v) is 14.1. The Bertz CT molecular complexity index is 708. The van der Waals surface area contributed by atoms with E-state index < -0.39 is 0 Å². The van der Waals surface area contributed by atoms with Crippen LogP contribution < -0.4 is 11.1 Å². The maximum Gasteiger partial charge on any atom is 0.255 e. The maximum atomic E-state index is 12.4. The Labute approximate surface area is 137 Å². The van der Waals surface area contributed by atoms with Crippen LogP contribution in [0.3, 0.4) is 0 Å². The normalized spacial score (nSPS) is 10.2. The quantitative estimate of drug-likeness (QED) is 0.812. The van der Waals surface area contributed by atoms with Crippen LogP contribution in [0.2, 0.25) is 0 Å². The lowest BCUT2D eigenvalue weighted by molar-refractivity contribution is 0.102. The van der Waals surface area contributed by atoms with Gasteiger partial charge in [0.25, 0.3) is 5.91 Å². The van der Waals surface area contributed by atoms with E-state index in [4.69, 9.17) is 18.0 Å². The Morgan fingerprint density at radius 1 is 1.14 bits per heavy atom. The van der Waals surface area contributed by atoms with Gasteiger partial charge in [-0.25, -0.2) is 0 Å². The molecule has 0 atom stereocenters. The molecule has 21 heavy (non-hydrogen) atoms. The first kappa shape index (κ1) is 15.7. The smallest absolute Gasteiger partial charge is 0.255 e. The van der Waals surface area contributed by atoms with Gasteiger partial charge in [0.1, 0.15) is 4.99 Å². The van der Waals surface area contributed by atoms with E-state index in [9.17, 15) is 4.79 Å². The van der Waals surface area contributed by atoms with Crippen LogP contribution in [0.5, 0.6) is 0 Å². The van der Waals surface area contributed by atoms with Crippen molar-refractivity contribution in [3.05, 3.63) is 63.1 Å². The van der Waals surface area contributed by atoms with Crippen LogP contribution in [0.1, 0.15) is 27.0 Å². The number of aryl methyl sites for hydroxylation is 2. The number of carbonyl (C=O) groups is 1. The largest absolute Gasteiger partial charge is 0.389 e. The van der Waals surface area contributed by atoms with E-state index >= 15 is 0 Å². The fraction of sp³-hybridized carbons (Fsp3) is 0.125. The monoisotopic (exact) mass is 362 g/mol. The molecule has 0 radical (unpaired) electrons. The van der Waals surface area contributed by atoms with Crippen LogP contribution in [-0.4, -0.2) is 10.9 Å². The lowest BCUT2D eigenvalue weighted by atomic mass is 10.1. The highest BCUT2D eigenvalue weighted by atomic mass is 79.9. The second-order valence-corrected chi connectivity index (χ2v) is 6.22. The van der Waals surface area contributed by atoms with Gasteiger partial charge in [-0.2, -0.15) is 0 Å². The number of hydrogen-bond donors (Lipinski definition) is 2. The molecule has 0 bridgehead atoms. The fourth-order valence-corrected chi connectivity index (χ4v) is 2.71. The third kappa shape index (κ3) is 3.89. The molecule has 3 N–H and O–H groups in total. The molecule has 0 aliphatic heterocycles. The number of thiocarbonyl (C=S) groups is 1. The van der Waals surface area contributed by atoms with E-state index in [-0.39, 0.29) is 5.91 Å². The number of hydrogen-bond acceptors (Lipinski definition) is 2.